The van der Waals surface area contributed by atoms with E-state index in [-0.39, 0.29) is 16.2 Å². The molecule has 1 aliphatic heterocycles. The monoisotopic (exact) mass is 318 g/mol. The van der Waals surface area contributed by atoms with Gasteiger partial charge in [-0.3, -0.25) is 4.90 Å². The van der Waals surface area contributed by atoms with Crippen molar-refractivity contribution >= 4 is 21.6 Å². The van der Waals surface area contributed by atoms with E-state index in [0.29, 0.717) is 6.54 Å². The van der Waals surface area contributed by atoms with Crippen LogP contribution < -0.4 is 4.72 Å². The van der Waals surface area contributed by atoms with Crippen LogP contribution in [0.2, 0.25) is 5.28 Å². The average molecular weight is 319 g/mol. The maximum Gasteiger partial charge on any atom is 0.243 e. The Hall–Kier alpha value is -0.760. The molecule has 2 rings (SSSR count). The largest absolute Gasteiger partial charge is 0.299 e. The molecule has 6 nitrogen and oxygen atoms in total. The summed E-state index contributed by atoms with van der Waals surface area (Å²) in [5.74, 6) is 0. The molecule has 1 aromatic rings. The minimum Gasteiger partial charge on any atom is -0.299 e. The molecular formula is C12H19ClN4O2S. The molecule has 0 amide bonds. The average Bonchev–Trinajstić information content (AvgIpc) is 2.46. The normalized spacial score (nSPS) is 18.9. The summed E-state index contributed by atoms with van der Waals surface area (Å²) in [5.41, 5.74) is 0. The van der Waals surface area contributed by atoms with Crippen molar-refractivity contribution in [2.45, 2.75) is 37.1 Å². The summed E-state index contributed by atoms with van der Waals surface area (Å²) in [6.45, 7) is 4.48. The van der Waals surface area contributed by atoms with Gasteiger partial charge in [-0.1, -0.05) is 6.42 Å². The summed E-state index contributed by atoms with van der Waals surface area (Å²) < 4.78 is 26.8. The van der Waals surface area contributed by atoms with Gasteiger partial charge in [-0.05, 0) is 44.5 Å². The van der Waals surface area contributed by atoms with Gasteiger partial charge < -0.3 is 0 Å². The van der Waals surface area contributed by atoms with E-state index in [0.717, 1.165) is 13.1 Å². The number of nitrogens with zero attached hydrogens (tertiary/aromatic N) is 3. The zero-order chi connectivity index (χ0) is 14.6. The molecule has 1 aromatic heterocycles. The molecule has 0 spiro atoms. The SMILES string of the molecule is CC(CNS(=O)(=O)c1cnc(Cl)nc1)N1CCCCC1. The predicted octanol–water partition coefficient (Wildman–Crippen LogP) is 1.28. The molecule has 1 N–H and O–H groups in total. The van der Waals surface area contributed by atoms with E-state index in [4.69, 9.17) is 11.6 Å². The Balaban J connectivity index is 1.93. The summed E-state index contributed by atoms with van der Waals surface area (Å²) >= 11 is 5.55. The number of halogens is 1. The van der Waals surface area contributed by atoms with Gasteiger partial charge in [0.15, 0.2) is 0 Å². The van der Waals surface area contributed by atoms with Crippen LogP contribution in [0.5, 0.6) is 0 Å². The van der Waals surface area contributed by atoms with E-state index in [9.17, 15) is 8.42 Å². The van der Waals surface area contributed by atoms with Crippen molar-refractivity contribution in [3.05, 3.63) is 17.7 Å². The van der Waals surface area contributed by atoms with Crippen molar-refractivity contribution in [2.75, 3.05) is 19.6 Å². The van der Waals surface area contributed by atoms with Crippen LogP contribution in [0.25, 0.3) is 0 Å². The molecule has 112 valence electrons. The molecule has 1 fully saturated rings. The highest BCUT2D eigenvalue weighted by Gasteiger charge is 2.20. The molecule has 2 heterocycles. The van der Waals surface area contributed by atoms with E-state index in [2.05, 4.69) is 19.6 Å². The third-order valence-corrected chi connectivity index (χ3v) is 5.06. The van der Waals surface area contributed by atoms with Crippen LogP contribution in [0.4, 0.5) is 0 Å². The first kappa shape index (κ1) is 15.6. The summed E-state index contributed by atoms with van der Waals surface area (Å²) in [6, 6.07) is 0.179. The number of nitrogens with one attached hydrogen (secondary N) is 1. The fourth-order valence-corrected chi connectivity index (χ4v) is 3.35. The van der Waals surface area contributed by atoms with Crippen LogP contribution in [0.3, 0.4) is 0 Å². The maximum atomic E-state index is 12.1. The Morgan fingerprint density at radius 1 is 1.30 bits per heavy atom. The first-order valence-corrected chi connectivity index (χ1v) is 8.56. The van der Waals surface area contributed by atoms with Gasteiger partial charge >= 0.3 is 0 Å². The van der Waals surface area contributed by atoms with Gasteiger partial charge in [-0.25, -0.2) is 23.1 Å². The number of hydrogen-bond donors (Lipinski definition) is 1. The molecule has 1 saturated heterocycles. The Kier molecular flexibility index (Phi) is 5.31. The van der Waals surface area contributed by atoms with Crippen LogP contribution in [-0.2, 0) is 10.0 Å². The standard InChI is InChI=1S/C12H19ClN4O2S/c1-10(17-5-3-2-4-6-17)7-16-20(18,19)11-8-14-12(13)15-9-11/h8-10,16H,2-7H2,1H3. The molecular weight excluding hydrogens is 300 g/mol. The van der Waals surface area contributed by atoms with Crippen molar-refractivity contribution in [1.29, 1.82) is 0 Å². The second kappa shape index (κ2) is 6.80. The second-order valence-corrected chi connectivity index (χ2v) is 7.09. The molecule has 0 radical (unpaired) electrons. The van der Waals surface area contributed by atoms with Crippen LogP contribution in [0.1, 0.15) is 26.2 Å². The third-order valence-electron chi connectivity index (χ3n) is 3.49. The smallest absolute Gasteiger partial charge is 0.243 e. The second-order valence-electron chi connectivity index (χ2n) is 4.99. The number of rotatable bonds is 5. The Morgan fingerprint density at radius 3 is 2.50 bits per heavy atom. The molecule has 0 saturated carbocycles. The zero-order valence-electron chi connectivity index (χ0n) is 11.4. The lowest BCUT2D eigenvalue weighted by Gasteiger charge is -2.32. The first-order valence-electron chi connectivity index (χ1n) is 6.70. The Labute approximate surface area is 124 Å². The molecule has 20 heavy (non-hydrogen) atoms. The fraction of sp³-hybridized carbons (Fsp3) is 0.667. The summed E-state index contributed by atoms with van der Waals surface area (Å²) in [6.07, 6.45) is 6.05. The van der Waals surface area contributed by atoms with E-state index in [1.165, 1.54) is 31.7 Å². The lowest BCUT2D eigenvalue weighted by Crippen LogP contribution is -2.44. The molecule has 0 bridgehead atoms. The van der Waals surface area contributed by atoms with Crippen LogP contribution >= 0.6 is 11.6 Å². The topological polar surface area (TPSA) is 75.2 Å². The number of likely N-dealkylation sites (tertiary alicyclic amines) is 1. The van der Waals surface area contributed by atoms with Crippen LogP contribution in [-0.4, -0.2) is 49.0 Å². The van der Waals surface area contributed by atoms with Crippen LogP contribution in [0.15, 0.2) is 17.3 Å². The van der Waals surface area contributed by atoms with Crippen molar-refractivity contribution in [3.8, 4) is 0 Å². The lowest BCUT2D eigenvalue weighted by molar-refractivity contribution is 0.175. The van der Waals surface area contributed by atoms with Crippen molar-refractivity contribution < 1.29 is 8.42 Å². The van der Waals surface area contributed by atoms with Crippen molar-refractivity contribution in [2.24, 2.45) is 0 Å². The maximum absolute atomic E-state index is 12.1. The van der Waals surface area contributed by atoms with E-state index in [1.807, 2.05) is 6.92 Å². The van der Waals surface area contributed by atoms with Crippen molar-refractivity contribution in [1.82, 2.24) is 19.6 Å². The molecule has 0 aliphatic carbocycles. The van der Waals surface area contributed by atoms with Gasteiger partial charge in [0.05, 0.1) is 12.4 Å². The van der Waals surface area contributed by atoms with E-state index in [1.54, 1.807) is 0 Å². The Morgan fingerprint density at radius 2 is 1.90 bits per heavy atom. The van der Waals surface area contributed by atoms with Crippen LogP contribution in [0, 0.1) is 0 Å². The fourth-order valence-electron chi connectivity index (χ4n) is 2.24. The van der Waals surface area contributed by atoms with Gasteiger partial charge in [0, 0.05) is 12.6 Å². The van der Waals surface area contributed by atoms with Gasteiger partial charge in [0.1, 0.15) is 4.90 Å². The molecule has 1 aliphatic rings. The van der Waals surface area contributed by atoms with Gasteiger partial charge in [0.2, 0.25) is 15.3 Å². The minimum absolute atomic E-state index is 0.0330. The Bertz CT molecular complexity index is 529. The highest BCUT2D eigenvalue weighted by Crippen LogP contribution is 2.12. The van der Waals surface area contributed by atoms with Gasteiger partial charge in [-0.15, -0.1) is 0 Å². The third kappa shape index (κ3) is 4.12. The highest BCUT2D eigenvalue weighted by atomic mass is 35.5. The zero-order valence-corrected chi connectivity index (χ0v) is 13.0. The van der Waals surface area contributed by atoms with E-state index >= 15 is 0 Å². The van der Waals surface area contributed by atoms with E-state index < -0.39 is 10.0 Å². The minimum atomic E-state index is -3.57. The predicted molar refractivity (Wildman–Crippen MR) is 77.1 cm³/mol. The summed E-state index contributed by atoms with van der Waals surface area (Å²) in [5, 5.41) is 0.0330. The highest BCUT2D eigenvalue weighted by molar-refractivity contribution is 7.89. The number of hydrogen-bond acceptors (Lipinski definition) is 5. The lowest BCUT2D eigenvalue weighted by atomic mass is 10.1. The molecule has 8 heteroatoms. The molecule has 1 atom stereocenters. The number of aromatic nitrogens is 2. The quantitative estimate of drug-likeness (QED) is 0.828. The number of piperidine rings is 1. The number of sulfonamides is 1. The summed E-state index contributed by atoms with van der Waals surface area (Å²) in [4.78, 5) is 9.72. The van der Waals surface area contributed by atoms with Gasteiger partial charge in [-0.2, -0.15) is 0 Å². The van der Waals surface area contributed by atoms with Crippen molar-refractivity contribution in [3.63, 3.8) is 0 Å². The molecule has 1 unspecified atom stereocenters. The van der Waals surface area contributed by atoms with Gasteiger partial charge in [0.25, 0.3) is 0 Å². The first-order chi connectivity index (χ1) is 9.49. The summed E-state index contributed by atoms with van der Waals surface area (Å²) in [7, 11) is -3.57. The molecule has 0 aromatic carbocycles.